The molecular formula is C13H14FN3O2. The minimum Gasteiger partial charge on any atom is -0.467 e. The third kappa shape index (κ3) is 3.09. The Kier molecular flexibility index (Phi) is 3.79. The van der Waals surface area contributed by atoms with Crippen molar-refractivity contribution in [3.05, 3.63) is 48.0 Å². The van der Waals surface area contributed by atoms with E-state index >= 15 is 0 Å². The number of halogens is 1. The molecule has 0 saturated carbocycles. The molecule has 0 fully saturated rings. The van der Waals surface area contributed by atoms with Crippen LogP contribution in [0, 0.1) is 5.82 Å². The van der Waals surface area contributed by atoms with Gasteiger partial charge in [-0.3, -0.25) is 4.68 Å². The summed E-state index contributed by atoms with van der Waals surface area (Å²) < 4.78 is 19.3. The molecule has 1 atom stereocenters. The molecule has 1 heterocycles. The van der Waals surface area contributed by atoms with Crippen LogP contribution < -0.4 is 5.32 Å². The summed E-state index contributed by atoms with van der Waals surface area (Å²) in [6, 6.07) is 4.99. The van der Waals surface area contributed by atoms with Gasteiger partial charge in [0.2, 0.25) is 0 Å². The van der Waals surface area contributed by atoms with Crippen LogP contribution in [0.15, 0.2) is 36.7 Å². The Morgan fingerprint density at radius 1 is 1.42 bits per heavy atom. The average molecular weight is 263 g/mol. The zero-order valence-corrected chi connectivity index (χ0v) is 10.6. The first kappa shape index (κ1) is 13.1. The maximum Gasteiger partial charge on any atom is 0.332 e. The molecule has 0 aliphatic carbocycles. The fourth-order valence-corrected chi connectivity index (χ4v) is 1.71. The normalized spacial score (nSPS) is 11.9. The van der Waals surface area contributed by atoms with Crippen LogP contribution in [0.2, 0.25) is 0 Å². The van der Waals surface area contributed by atoms with Gasteiger partial charge in [-0.15, -0.1) is 0 Å². The zero-order valence-electron chi connectivity index (χ0n) is 10.6. The van der Waals surface area contributed by atoms with Crippen molar-refractivity contribution >= 4 is 11.7 Å². The number of carbonyl (C=O) groups excluding carboxylic acids is 1. The topological polar surface area (TPSA) is 56.1 Å². The average Bonchev–Trinajstić information content (AvgIpc) is 2.82. The van der Waals surface area contributed by atoms with Crippen molar-refractivity contribution in [2.75, 3.05) is 12.4 Å². The van der Waals surface area contributed by atoms with Crippen molar-refractivity contribution in [1.82, 2.24) is 9.78 Å². The van der Waals surface area contributed by atoms with E-state index in [0.717, 1.165) is 0 Å². The number of hydrogen-bond donors (Lipinski definition) is 1. The summed E-state index contributed by atoms with van der Waals surface area (Å²) in [5.74, 6) is -0.802. The lowest BCUT2D eigenvalue weighted by Crippen LogP contribution is -2.22. The second-order valence-corrected chi connectivity index (χ2v) is 4.05. The summed E-state index contributed by atoms with van der Waals surface area (Å²) in [5, 5.41) is 7.01. The molecule has 1 aromatic carbocycles. The third-order valence-corrected chi connectivity index (χ3v) is 2.66. The molecule has 19 heavy (non-hydrogen) atoms. The standard InChI is InChI=1S/C13H14FN3O2/c1-17-8-11(7-15-17)16-12(13(18)19-2)9-3-5-10(14)6-4-9/h3-8,12,16H,1-2H3/t12-/m0/s1. The van der Waals surface area contributed by atoms with Crippen molar-refractivity contribution in [1.29, 1.82) is 0 Å². The number of ether oxygens (including phenoxy) is 1. The highest BCUT2D eigenvalue weighted by molar-refractivity contribution is 5.80. The molecule has 0 amide bonds. The summed E-state index contributed by atoms with van der Waals surface area (Å²) in [5.41, 5.74) is 1.30. The van der Waals surface area contributed by atoms with Crippen LogP contribution in [0.25, 0.3) is 0 Å². The van der Waals surface area contributed by atoms with E-state index in [0.29, 0.717) is 11.3 Å². The van der Waals surface area contributed by atoms with E-state index in [-0.39, 0.29) is 5.82 Å². The molecule has 0 aliphatic heterocycles. The van der Waals surface area contributed by atoms with E-state index in [2.05, 4.69) is 10.4 Å². The Labute approximate surface area is 110 Å². The van der Waals surface area contributed by atoms with E-state index in [1.54, 1.807) is 36.3 Å². The number of carbonyl (C=O) groups is 1. The number of benzene rings is 1. The van der Waals surface area contributed by atoms with Crippen LogP contribution >= 0.6 is 0 Å². The van der Waals surface area contributed by atoms with Crippen LogP contribution in [0.3, 0.4) is 0 Å². The van der Waals surface area contributed by atoms with E-state index in [4.69, 9.17) is 4.74 Å². The van der Waals surface area contributed by atoms with E-state index in [1.165, 1.54) is 19.2 Å². The lowest BCUT2D eigenvalue weighted by Gasteiger charge is -2.16. The number of nitrogens with one attached hydrogen (secondary N) is 1. The minimum absolute atomic E-state index is 0.353. The Hall–Kier alpha value is -2.37. The molecule has 0 saturated heterocycles. The number of aryl methyl sites for hydroxylation is 1. The number of esters is 1. The van der Waals surface area contributed by atoms with Gasteiger partial charge in [0.25, 0.3) is 0 Å². The summed E-state index contributed by atoms with van der Waals surface area (Å²) in [6.45, 7) is 0. The zero-order chi connectivity index (χ0) is 13.8. The van der Waals surface area contributed by atoms with Gasteiger partial charge in [0.15, 0.2) is 6.04 Å². The van der Waals surface area contributed by atoms with Crippen LogP contribution in [0.4, 0.5) is 10.1 Å². The number of nitrogens with zero attached hydrogens (tertiary/aromatic N) is 2. The molecule has 5 nitrogen and oxygen atoms in total. The first-order valence-electron chi connectivity index (χ1n) is 5.68. The monoisotopic (exact) mass is 263 g/mol. The van der Waals surface area contributed by atoms with Gasteiger partial charge >= 0.3 is 5.97 Å². The van der Waals surface area contributed by atoms with Crippen molar-refractivity contribution in [3.63, 3.8) is 0 Å². The van der Waals surface area contributed by atoms with E-state index < -0.39 is 12.0 Å². The Balaban J connectivity index is 2.25. The lowest BCUT2D eigenvalue weighted by atomic mass is 10.1. The molecule has 0 bridgehead atoms. The Bertz CT molecular complexity index is 566. The van der Waals surface area contributed by atoms with Crippen LogP contribution in [0.1, 0.15) is 11.6 Å². The van der Waals surface area contributed by atoms with Gasteiger partial charge in [-0.1, -0.05) is 12.1 Å². The quantitative estimate of drug-likeness (QED) is 0.856. The summed E-state index contributed by atoms with van der Waals surface area (Å²) >= 11 is 0. The van der Waals surface area contributed by atoms with Crippen LogP contribution in [0.5, 0.6) is 0 Å². The fraction of sp³-hybridized carbons (Fsp3) is 0.231. The lowest BCUT2D eigenvalue weighted by molar-refractivity contribution is -0.141. The maximum absolute atomic E-state index is 12.9. The molecule has 0 unspecified atom stereocenters. The number of rotatable bonds is 4. The highest BCUT2D eigenvalue weighted by atomic mass is 19.1. The summed E-state index contributed by atoms with van der Waals surface area (Å²) in [6.07, 6.45) is 3.33. The first-order chi connectivity index (χ1) is 9.10. The van der Waals surface area contributed by atoms with Crippen molar-refractivity contribution in [3.8, 4) is 0 Å². The van der Waals surface area contributed by atoms with Gasteiger partial charge in [0.1, 0.15) is 5.82 Å². The van der Waals surface area contributed by atoms with Crippen molar-refractivity contribution in [2.45, 2.75) is 6.04 Å². The molecule has 2 aromatic rings. The highest BCUT2D eigenvalue weighted by Gasteiger charge is 2.21. The Morgan fingerprint density at radius 2 is 2.11 bits per heavy atom. The molecule has 1 aromatic heterocycles. The summed E-state index contributed by atoms with van der Waals surface area (Å²) in [4.78, 5) is 11.8. The number of methoxy groups -OCH3 is 1. The van der Waals surface area contributed by atoms with E-state index in [1.807, 2.05) is 0 Å². The maximum atomic E-state index is 12.9. The molecule has 2 rings (SSSR count). The van der Waals surface area contributed by atoms with Gasteiger partial charge < -0.3 is 10.1 Å². The summed E-state index contributed by atoms with van der Waals surface area (Å²) in [7, 11) is 3.08. The first-order valence-corrected chi connectivity index (χ1v) is 5.68. The number of hydrogen-bond acceptors (Lipinski definition) is 4. The molecule has 0 aliphatic rings. The largest absolute Gasteiger partial charge is 0.467 e. The van der Waals surface area contributed by atoms with Crippen LogP contribution in [-0.4, -0.2) is 22.9 Å². The molecule has 6 heteroatoms. The molecule has 1 N–H and O–H groups in total. The third-order valence-electron chi connectivity index (χ3n) is 2.66. The minimum atomic E-state index is -0.699. The molecule has 0 radical (unpaired) electrons. The highest BCUT2D eigenvalue weighted by Crippen LogP contribution is 2.20. The number of aromatic nitrogens is 2. The SMILES string of the molecule is COC(=O)[C@@H](Nc1cnn(C)c1)c1ccc(F)cc1. The number of anilines is 1. The van der Waals surface area contributed by atoms with Gasteiger partial charge in [-0.2, -0.15) is 5.10 Å². The smallest absolute Gasteiger partial charge is 0.332 e. The van der Waals surface area contributed by atoms with Crippen molar-refractivity contribution < 1.29 is 13.9 Å². The van der Waals surface area contributed by atoms with E-state index in [9.17, 15) is 9.18 Å². The second-order valence-electron chi connectivity index (χ2n) is 4.05. The molecular weight excluding hydrogens is 249 g/mol. The van der Waals surface area contributed by atoms with Gasteiger partial charge in [0, 0.05) is 13.2 Å². The van der Waals surface area contributed by atoms with Gasteiger partial charge in [-0.25, -0.2) is 9.18 Å². The predicted octanol–water partition coefficient (Wildman–Crippen LogP) is 1.89. The van der Waals surface area contributed by atoms with Crippen LogP contribution in [-0.2, 0) is 16.6 Å². The second kappa shape index (κ2) is 5.51. The molecule has 0 spiro atoms. The fourth-order valence-electron chi connectivity index (χ4n) is 1.71. The van der Waals surface area contributed by atoms with Crippen molar-refractivity contribution in [2.24, 2.45) is 7.05 Å². The molecule has 100 valence electrons. The van der Waals surface area contributed by atoms with Gasteiger partial charge in [-0.05, 0) is 17.7 Å². The van der Waals surface area contributed by atoms with Gasteiger partial charge in [0.05, 0.1) is 19.0 Å². The predicted molar refractivity (Wildman–Crippen MR) is 68.0 cm³/mol. The Morgan fingerprint density at radius 3 is 2.63 bits per heavy atom.